The molecule has 6 rings (SSSR count). The molecule has 1 saturated heterocycles. The maximum Gasteiger partial charge on any atom is 0.147 e. The summed E-state index contributed by atoms with van der Waals surface area (Å²) in [6, 6.07) is 10.6. The molecule has 3 aromatic heterocycles. The SMILES string of the molecule is c1ccc(-c2nc3sc4c(NC[C@H]5CCCO5)ncnc4c3c3c2CCC3)cc1. The first-order chi connectivity index (χ1) is 14.4. The zero-order chi connectivity index (χ0) is 19.2. The van der Waals surface area contributed by atoms with Crippen LogP contribution in [0.25, 0.3) is 31.7 Å². The summed E-state index contributed by atoms with van der Waals surface area (Å²) in [6.45, 7) is 1.66. The van der Waals surface area contributed by atoms with Crippen molar-refractivity contribution < 1.29 is 4.74 Å². The molecule has 4 aromatic rings. The predicted octanol–water partition coefficient (Wildman–Crippen LogP) is 4.99. The average Bonchev–Trinajstić information content (AvgIpc) is 3.51. The Hall–Kier alpha value is -2.57. The predicted molar refractivity (Wildman–Crippen MR) is 118 cm³/mol. The minimum Gasteiger partial charge on any atom is -0.376 e. The molecule has 29 heavy (non-hydrogen) atoms. The molecular weight excluding hydrogens is 380 g/mol. The second-order valence-corrected chi connectivity index (χ2v) is 8.83. The van der Waals surface area contributed by atoms with Crippen molar-refractivity contribution in [1.82, 2.24) is 15.0 Å². The van der Waals surface area contributed by atoms with E-state index in [1.54, 1.807) is 17.7 Å². The molecule has 0 saturated carbocycles. The van der Waals surface area contributed by atoms with Gasteiger partial charge in [0.15, 0.2) is 0 Å². The van der Waals surface area contributed by atoms with Gasteiger partial charge in [-0.1, -0.05) is 30.3 Å². The number of nitrogens with one attached hydrogen (secondary N) is 1. The molecule has 2 aliphatic rings. The molecule has 0 unspecified atom stereocenters. The van der Waals surface area contributed by atoms with Crippen molar-refractivity contribution in [3.05, 3.63) is 47.8 Å². The smallest absolute Gasteiger partial charge is 0.147 e. The Morgan fingerprint density at radius 3 is 2.83 bits per heavy atom. The Morgan fingerprint density at radius 1 is 1.07 bits per heavy atom. The zero-order valence-electron chi connectivity index (χ0n) is 16.1. The van der Waals surface area contributed by atoms with Crippen LogP contribution in [0.3, 0.4) is 0 Å². The largest absolute Gasteiger partial charge is 0.376 e. The number of hydrogen-bond donors (Lipinski definition) is 1. The molecule has 0 spiro atoms. The van der Waals surface area contributed by atoms with E-state index < -0.39 is 0 Å². The van der Waals surface area contributed by atoms with Gasteiger partial charge < -0.3 is 10.1 Å². The van der Waals surface area contributed by atoms with E-state index in [4.69, 9.17) is 9.72 Å². The van der Waals surface area contributed by atoms with Crippen molar-refractivity contribution in [2.45, 2.75) is 38.2 Å². The van der Waals surface area contributed by atoms with E-state index in [-0.39, 0.29) is 6.10 Å². The Kier molecular flexibility index (Phi) is 4.20. The summed E-state index contributed by atoms with van der Waals surface area (Å²) in [5.41, 5.74) is 6.21. The molecule has 146 valence electrons. The lowest BCUT2D eigenvalue weighted by Gasteiger charge is -2.11. The monoisotopic (exact) mass is 402 g/mol. The number of nitrogens with zero attached hydrogens (tertiary/aromatic N) is 3. The number of rotatable bonds is 4. The van der Waals surface area contributed by atoms with Gasteiger partial charge in [0.05, 0.1) is 22.0 Å². The highest BCUT2D eigenvalue weighted by molar-refractivity contribution is 7.26. The molecule has 1 atom stereocenters. The molecule has 1 fully saturated rings. The van der Waals surface area contributed by atoms with Gasteiger partial charge in [0, 0.05) is 24.1 Å². The zero-order valence-corrected chi connectivity index (χ0v) is 17.0. The van der Waals surface area contributed by atoms with E-state index in [2.05, 4.69) is 45.6 Å². The molecule has 1 aromatic carbocycles. The third kappa shape index (κ3) is 2.90. The highest BCUT2D eigenvalue weighted by Crippen LogP contribution is 2.43. The number of aryl methyl sites for hydroxylation is 1. The number of benzene rings is 1. The molecule has 1 N–H and O–H groups in total. The van der Waals surface area contributed by atoms with Crippen LogP contribution in [0.15, 0.2) is 36.7 Å². The molecule has 0 radical (unpaired) electrons. The van der Waals surface area contributed by atoms with Crippen LogP contribution in [0.4, 0.5) is 5.82 Å². The minimum absolute atomic E-state index is 0.279. The topological polar surface area (TPSA) is 59.9 Å². The first kappa shape index (κ1) is 17.3. The summed E-state index contributed by atoms with van der Waals surface area (Å²) in [4.78, 5) is 15.4. The second kappa shape index (κ2) is 7.04. The van der Waals surface area contributed by atoms with E-state index in [0.717, 1.165) is 65.4 Å². The normalized spacial score (nSPS) is 18.6. The van der Waals surface area contributed by atoms with Gasteiger partial charge in [-0.15, -0.1) is 11.3 Å². The summed E-state index contributed by atoms with van der Waals surface area (Å²) in [5, 5.41) is 4.75. The van der Waals surface area contributed by atoms with Crippen molar-refractivity contribution in [3.8, 4) is 11.3 Å². The van der Waals surface area contributed by atoms with Crippen molar-refractivity contribution in [3.63, 3.8) is 0 Å². The Morgan fingerprint density at radius 2 is 1.97 bits per heavy atom. The van der Waals surface area contributed by atoms with Crippen molar-refractivity contribution in [2.24, 2.45) is 0 Å². The quantitative estimate of drug-likeness (QED) is 0.521. The maximum absolute atomic E-state index is 5.76. The maximum atomic E-state index is 5.76. The Labute approximate surface area is 173 Å². The number of fused-ring (bicyclic) bond motifs is 5. The van der Waals surface area contributed by atoms with Gasteiger partial charge in [0.2, 0.25) is 0 Å². The van der Waals surface area contributed by atoms with Crippen molar-refractivity contribution in [2.75, 3.05) is 18.5 Å². The Bertz CT molecular complexity index is 1200. The van der Waals surface area contributed by atoms with Crippen LogP contribution in [0, 0.1) is 0 Å². The first-order valence-corrected chi connectivity index (χ1v) is 11.2. The van der Waals surface area contributed by atoms with E-state index in [1.807, 2.05) is 0 Å². The summed E-state index contributed by atoms with van der Waals surface area (Å²) >= 11 is 1.71. The average molecular weight is 403 g/mol. The first-order valence-electron chi connectivity index (χ1n) is 10.4. The lowest BCUT2D eigenvalue weighted by Crippen LogP contribution is -2.18. The number of ether oxygens (including phenoxy) is 1. The van der Waals surface area contributed by atoms with Gasteiger partial charge in [0.25, 0.3) is 0 Å². The van der Waals surface area contributed by atoms with Gasteiger partial charge in [-0.3, -0.25) is 0 Å². The van der Waals surface area contributed by atoms with Gasteiger partial charge in [-0.25, -0.2) is 15.0 Å². The molecule has 1 aliphatic heterocycles. The number of pyridine rings is 1. The van der Waals surface area contributed by atoms with Crippen LogP contribution in [0.1, 0.15) is 30.4 Å². The van der Waals surface area contributed by atoms with Crippen molar-refractivity contribution in [1.29, 1.82) is 0 Å². The van der Waals surface area contributed by atoms with Crippen LogP contribution in [0.5, 0.6) is 0 Å². The fourth-order valence-corrected chi connectivity index (χ4v) is 5.80. The van der Waals surface area contributed by atoms with Gasteiger partial charge in [-0.05, 0) is 43.2 Å². The third-order valence-corrected chi connectivity index (χ3v) is 7.12. The van der Waals surface area contributed by atoms with Crippen LogP contribution >= 0.6 is 11.3 Å². The van der Waals surface area contributed by atoms with Gasteiger partial charge in [0.1, 0.15) is 17.0 Å². The van der Waals surface area contributed by atoms with Gasteiger partial charge in [-0.2, -0.15) is 0 Å². The summed E-state index contributed by atoms with van der Waals surface area (Å²) in [5.74, 6) is 0.904. The third-order valence-electron chi connectivity index (χ3n) is 6.04. The number of anilines is 1. The number of hydrogen-bond acceptors (Lipinski definition) is 6. The molecule has 5 nitrogen and oxygen atoms in total. The van der Waals surface area contributed by atoms with E-state index in [1.165, 1.54) is 28.5 Å². The van der Waals surface area contributed by atoms with E-state index in [0.29, 0.717) is 0 Å². The van der Waals surface area contributed by atoms with Crippen LogP contribution in [-0.4, -0.2) is 34.2 Å². The molecule has 0 bridgehead atoms. The van der Waals surface area contributed by atoms with Crippen LogP contribution in [-0.2, 0) is 17.6 Å². The Balaban J connectivity index is 1.50. The summed E-state index contributed by atoms with van der Waals surface area (Å²) in [7, 11) is 0. The molecule has 6 heteroatoms. The van der Waals surface area contributed by atoms with E-state index in [9.17, 15) is 0 Å². The van der Waals surface area contributed by atoms with E-state index >= 15 is 0 Å². The second-order valence-electron chi connectivity index (χ2n) is 7.84. The fraction of sp³-hybridized carbons (Fsp3) is 0.348. The fourth-order valence-electron chi connectivity index (χ4n) is 4.67. The van der Waals surface area contributed by atoms with Crippen LogP contribution in [0.2, 0.25) is 0 Å². The molecular formula is C23H22N4OS. The minimum atomic E-state index is 0.279. The highest BCUT2D eigenvalue weighted by Gasteiger charge is 2.25. The lowest BCUT2D eigenvalue weighted by atomic mass is 10.0. The number of aromatic nitrogens is 3. The van der Waals surface area contributed by atoms with Gasteiger partial charge >= 0.3 is 0 Å². The summed E-state index contributed by atoms with van der Waals surface area (Å²) in [6.07, 6.45) is 7.59. The highest BCUT2D eigenvalue weighted by atomic mass is 32.1. The molecule has 4 heterocycles. The lowest BCUT2D eigenvalue weighted by molar-refractivity contribution is 0.120. The standard InChI is InChI=1S/C23H22N4OS/c1-2-6-14(7-3-1)19-17-10-4-9-16(17)18-20-21(29-23(18)27-19)22(26-13-25-20)24-12-15-8-5-11-28-15/h1-3,6-7,13,15H,4-5,8-12H2,(H,24,25,26)/t15-/m1/s1. The number of thiophene rings is 1. The van der Waals surface area contributed by atoms with Crippen molar-refractivity contribution >= 4 is 37.6 Å². The summed E-state index contributed by atoms with van der Waals surface area (Å²) < 4.78 is 6.86. The molecule has 0 amide bonds. The molecule has 1 aliphatic carbocycles. The van der Waals surface area contributed by atoms with Crippen LogP contribution < -0.4 is 5.32 Å².